The van der Waals surface area contributed by atoms with Gasteiger partial charge in [-0.2, -0.15) is 0 Å². The molecule has 114 valence electrons. The van der Waals surface area contributed by atoms with Gasteiger partial charge in [0.15, 0.2) is 0 Å². The van der Waals surface area contributed by atoms with Gasteiger partial charge in [-0.1, -0.05) is 26.3 Å². The molecule has 0 saturated carbocycles. The molecule has 5 heteroatoms. The minimum absolute atomic E-state index is 0.0439. The van der Waals surface area contributed by atoms with Crippen molar-refractivity contribution in [3.63, 3.8) is 0 Å². The summed E-state index contributed by atoms with van der Waals surface area (Å²) in [6.45, 7) is 5.92. The van der Waals surface area contributed by atoms with Crippen molar-refractivity contribution in [3.8, 4) is 0 Å². The van der Waals surface area contributed by atoms with Gasteiger partial charge in [0.1, 0.15) is 5.82 Å². The maximum Gasteiger partial charge on any atom is 0.328 e. The molecule has 1 amide bonds. The molecule has 21 heavy (non-hydrogen) atoms. The zero-order valence-corrected chi connectivity index (χ0v) is 12.4. The number of hydrogen-bond acceptors (Lipinski definition) is 2. The minimum Gasteiger partial charge on any atom is -0.478 e. The number of benzene rings is 1. The van der Waals surface area contributed by atoms with Crippen molar-refractivity contribution >= 4 is 18.0 Å². The number of halogens is 1. The topological polar surface area (TPSA) is 66.4 Å². The lowest BCUT2D eigenvalue weighted by atomic mass is 10.0. The first-order valence-corrected chi connectivity index (χ1v) is 6.86. The van der Waals surface area contributed by atoms with E-state index in [0.29, 0.717) is 11.5 Å². The number of hydrogen-bond donors (Lipinski definition) is 2. The Morgan fingerprint density at radius 1 is 1.38 bits per heavy atom. The monoisotopic (exact) mass is 293 g/mol. The van der Waals surface area contributed by atoms with E-state index in [1.54, 1.807) is 0 Å². The molecule has 1 aromatic carbocycles. The van der Waals surface area contributed by atoms with Crippen molar-refractivity contribution in [1.29, 1.82) is 0 Å². The molecule has 0 radical (unpaired) electrons. The van der Waals surface area contributed by atoms with Gasteiger partial charge in [0.25, 0.3) is 5.91 Å². The highest BCUT2D eigenvalue weighted by Gasteiger charge is 2.17. The number of aliphatic carboxylic acids is 1. The second kappa shape index (κ2) is 7.57. The normalized spacial score (nSPS) is 13.9. The van der Waals surface area contributed by atoms with Crippen molar-refractivity contribution in [2.45, 2.75) is 33.2 Å². The SMILES string of the molecule is CCC(C)C(C)NC(=O)c1ccc(C=CC(=O)O)cc1F. The van der Waals surface area contributed by atoms with Crippen molar-refractivity contribution in [2.24, 2.45) is 5.92 Å². The Kier molecular flexibility index (Phi) is 6.09. The first kappa shape index (κ1) is 16.9. The van der Waals surface area contributed by atoms with E-state index in [4.69, 9.17) is 5.11 Å². The lowest BCUT2D eigenvalue weighted by molar-refractivity contribution is -0.131. The molecule has 0 bridgehead atoms. The summed E-state index contributed by atoms with van der Waals surface area (Å²) in [6.07, 6.45) is 3.11. The minimum atomic E-state index is -1.11. The molecule has 0 aliphatic heterocycles. The smallest absolute Gasteiger partial charge is 0.328 e. The highest BCUT2D eigenvalue weighted by molar-refractivity contribution is 5.95. The molecule has 1 aromatic rings. The number of carboxylic acid groups (broad SMARTS) is 1. The molecular formula is C16H20FNO3. The van der Waals surface area contributed by atoms with Crippen molar-refractivity contribution in [1.82, 2.24) is 5.32 Å². The van der Waals surface area contributed by atoms with E-state index in [2.05, 4.69) is 5.32 Å². The summed E-state index contributed by atoms with van der Waals surface area (Å²) >= 11 is 0. The molecule has 0 aromatic heterocycles. The number of carbonyl (C=O) groups is 2. The molecule has 0 aliphatic rings. The zero-order chi connectivity index (χ0) is 16.0. The molecule has 0 heterocycles. The Hall–Kier alpha value is -2.17. The molecule has 0 fully saturated rings. The van der Waals surface area contributed by atoms with Gasteiger partial charge in [0, 0.05) is 12.1 Å². The van der Waals surface area contributed by atoms with Gasteiger partial charge in [-0.05, 0) is 36.6 Å². The molecule has 2 N–H and O–H groups in total. The van der Waals surface area contributed by atoms with Crippen LogP contribution in [0.15, 0.2) is 24.3 Å². The van der Waals surface area contributed by atoms with E-state index in [-0.39, 0.29) is 11.6 Å². The average molecular weight is 293 g/mol. The van der Waals surface area contributed by atoms with E-state index in [9.17, 15) is 14.0 Å². The maximum absolute atomic E-state index is 13.9. The highest BCUT2D eigenvalue weighted by atomic mass is 19.1. The molecule has 1 rings (SSSR count). The number of rotatable bonds is 6. The van der Waals surface area contributed by atoms with Gasteiger partial charge in [-0.3, -0.25) is 4.79 Å². The first-order chi connectivity index (χ1) is 9.85. The van der Waals surface area contributed by atoms with Crippen LogP contribution < -0.4 is 5.32 Å². The Morgan fingerprint density at radius 2 is 2.05 bits per heavy atom. The Labute approximate surface area is 123 Å². The summed E-state index contributed by atoms with van der Waals surface area (Å²) in [7, 11) is 0. The third-order valence-corrected chi connectivity index (χ3v) is 3.51. The van der Waals surface area contributed by atoms with Crippen LogP contribution in [0.25, 0.3) is 6.08 Å². The Morgan fingerprint density at radius 3 is 2.57 bits per heavy atom. The zero-order valence-electron chi connectivity index (χ0n) is 12.4. The summed E-state index contributed by atoms with van der Waals surface area (Å²) in [6, 6.07) is 3.96. The lowest BCUT2D eigenvalue weighted by Crippen LogP contribution is -2.37. The Bertz CT molecular complexity index is 554. The summed E-state index contributed by atoms with van der Waals surface area (Å²) in [5, 5.41) is 11.3. The summed E-state index contributed by atoms with van der Waals surface area (Å²) in [5.74, 6) is -1.94. The Balaban J connectivity index is 2.84. The van der Waals surface area contributed by atoms with Crippen molar-refractivity contribution in [3.05, 3.63) is 41.2 Å². The fraction of sp³-hybridized carbons (Fsp3) is 0.375. The van der Waals surface area contributed by atoms with Crippen LogP contribution >= 0.6 is 0 Å². The molecular weight excluding hydrogens is 273 g/mol. The van der Waals surface area contributed by atoms with Gasteiger partial charge in [-0.25, -0.2) is 9.18 Å². The lowest BCUT2D eigenvalue weighted by Gasteiger charge is -2.20. The fourth-order valence-electron chi connectivity index (χ4n) is 1.77. The predicted octanol–water partition coefficient (Wildman–Crippen LogP) is 3.09. The first-order valence-electron chi connectivity index (χ1n) is 6.86. The second-order valence-electron chi connectivity index (χ2n) is 5.06. The number of carboxylic acids is 1. The molecule has 2 unspecified atom stereocenters. The molecule has 0 aliphatic carbocycles. The molecule has 4 nitrogen and oxygen atoms in total. The summed E-state index contributed by atoms with van der Waals surface area (Å²) < 4.78 is 13.9. The number of amides is 1. The van der Waals surface area contributed by atoms with E-state index in [1.165, 1.54) is 18.2 Å². The van der Waals surface area contributed by atoms with Crippen LogP contribution in [0, 0.1) is 11.7 Å². The largest absolute Gasteiger partial charge is 0.478 e. The van der Waals surface area contributed by atoms with Gasteiger partial charge in [0.05, 0.1) is 5.56 Å². The van der Waals surface area contributed by atoms with Gasteiger partial charge in [0.2, 0.25) is 0 Å². The van der Waals surface area contributed by atoms with E-state index >= 15 is 0 Å². The van der Waals surface area contributed by atoms with Crippen molar-refractivity contribution < 1.29 is 19.1 Å². The van der Waals surface area contributed by atoms with Crippen LogP contribution in [0.1, 0.15) is 43.1 Å². The van der Waals surface area contributed by atoms with E-state index in [0.717, 1.165) is 18.6 Å². The van der Waals surface area contributed by atoms with E-state index in [1.807, 2.05) is 20.8 Å². The van der Waals surface area contributed by atoms with Gasteiger partial charge >= 0.3 is 5.97 Å². The third-order valence-electron chi connectivity index (χ3n) is 3.51. The number of nitrogens with one attached hydrogen (secondary N) is 1. The van der Waals surface area contributed by atoms with Crippen LogP contribution in [-0.2, 0) is 4.79 Å². The maximum atomic E-state index is 13.9. The van der Waals surface area contributed by atoms with Crippen LogP contribution in [-0.4, -0.2) is 23.0 Å². The molecule has 2 atom stereocenters. The van der Waals surface area contributed by atoms with Crippen molar-refractivity contribution in [2.75, 3.05) is 0 Å². The quantitative estimate of drug-likeness (QED) is 0.792. The highest BCUT2D eigenvalue weighted by Crippen LogP contribution is 2.13. The standard InChI is InChI=1S/C16H20FNO3/c1-4-10(2)11(3)18-16(21)13-7-5-12(9-14(13)17)6-8-15(19)20/h5-11H,4H2,1-3H3,(H,18,21)(H,19,20). The third kappa shape index (κ3) is 5.02. The summed E-state index contributed by atoms with van der Waals surface area (Å²) in [5.41, 5.74) is 0.346. The van der Waals surface area contributed by atoms with Crippen LogP contribution in [0.4, 0.5) is 4.39 Å². The number of carbonyl (C=O) groups excluding carboxylic acids is 1. The van der Waals surface area contributed by atoms with Gasteiger partial charge in [-0.15, -0.1) is 0 Å². The fourth-order valence-corrected chi connectivity index (χ4v) is 1.77. The van der Waals surface area contributed by atoms with Crippen LogP contribution in [0.2, 0.25) is 0 Å². The summed E-state index contributed by atoms with van der Waals surface area (Å²) in [4.78, 5) is 22.4. The second-order valence-corrected chi connectivity index (χ2v) is 5.06. The van der Waals surface area contributed by atoms with E-state index < -0.39 is 17.7 Å². The molecule has 0 spiro atoms. The van der Waals surface area contributed by atoms with Gasteiger partial charge < -0.3 is 10.4 Å². The average Bonchev–Trinajstić information content (AvgIpc) is 2.43. The molecule has 0 saturated heterocycles. The van der Waals surface area contributed by atoms with Crippen LogP contribution in [0.5, 0.6) is 0 Å². The predicted molar refractivity (Wildman–Crippen MR) is 79.5 cm³/mol. The van der Waals surface area contributed by atoms with Crippen LogP contribution in [0.3, 0.4) is 0 Å².